The molecule has 8 heteroatoms. The highest BCUT2D eigenvalue weighted by atomic mass is 79.9. The average molecular weight is 360 g/mol. The van der Waals surface area contributed by atoms with Crippen LogP contribution >= 0.6 is 27.3 Å². The van der Waals surface area contributed by atoms with Gasteiger partial charge < -0.3 is 0 Å². The van der Waals surface area contributed by atoms with Crippen molar-refractivity contribution in [1.82, 2.24) is 4.72 Å². The van der Waals surface area contributed by atoms with Gasteiger partial charge in [-0.1, -0.05) is 0 Å². The Kier molecular flexibility index (Phi) is 5.33. The largest absolute Gasteiger partial charge is 0.260 e. The molecule has 0 aliphatic heterocycles. The van der Waals surface area contributed by atoms with Crippen molar-refractivity contribution in [3.05, 3.63) is 15.4 Å². The molecule has 0 aliphatic rings. The number of thiophene rings is 1. The number of sulfonamides is 1. The summed E-state index contributed by atoms with van der Waals surface area (Å²) < 4.78 is 38.5. The lowest BCUT2D eigenvalue weighted by Crippen LogP contribution is -2.35. The van der Waals surface area contributed by atoms with Crippen molar-refractivity contribution in [3.8, 4) is 0 Å². The standard InChI is InChI=1S/C9H14BrNO3S3/c1-6-4-8(15-9(6)10)17(13,14)11-7(2)5-16(3)12/h4,7,11H,5H2,1-3H3. The van der Waals surface area contributed by atoms with E-state index in [0.29, 0.717) is 5.75 Å². The van der Waals surface area contributed by atoms with Crippen molar-refractivity contribution in [2.24, 2.45) is 0 Å². The first-order valence-electron chi connectivity index (χ1n) is 4.80. The van der Waals surface area contributed by atoms with Crippen molar-refractivity contribution in [3.63, 3.8) is 0 Å². The minimum absolute atomic E-state index is 0.274. The monoisotopic (exact) mass is 359 g/mol. The van der Waals surface area contributed by atoms with E-state index in [1.54, 1.807) is 19.2 Å². The molecule has 0 aromatic carbocycles. The minimum atomic E-state index is -3.50. The van der Waals surface area contributed by atoms with Gasteiger partial charge in [-0.2, -0.15) is 0 Å². The Labute approximate surface area is 116 Å². The topological polar surface area (TPSA) is 63.2 Å². The van der Waals surface area contributed by atoms with Crippen LogP contribution in [0.2, 0.25) is 0 Å². The predicted molar refractivity (Wildman–Crippen MR) is 75.5 cm³/mol. The Bertz CT molecular complexity index is 504. The molecule has 0 aliphatic carbocycles. The Morgan fingerprint density at radius 1 is 1.59 bits per heavy atom. The zero-order valence-electron chi connectivity index (χ0n) is 9.69. The lowest BCUT2D eigenvalue weighted by atomic mass is 10.4. The molecule has 2 atom stereocenters. The molecule has 1 rings (SSSR count). The molecule has 0 radical (unpaired) electrons. The molecule has 0 fully saturated rings. The summed E-state index contributed by atoms with van der Waals surface area (Å²) in [7, 11) is -4.52. The normalized spacial score (nSPS) is 15.8. The second-order valence-electron chi connectivity index (χ2n) is 3.78. The van der Waals surface area contributed by atoms with E-state index in [9.17, 15) is 12.6 Å². The van der Waals surface area contributed by atoms with Gasteiger partial charge >= 0.3 is 0 Å². The summed E-state index contributed by atoms with van der Waals surface area (Å²) in [5.41, 5.74) is 0.891. The molecular formula is C9H14BrNO3S3. The fourth-order valence-electron chi connectivity index (χ4n) is 1.27. The van der Waals surface area contributed by atoms with Gasteiger partial charge in [0.1, 0.15) is 4.21 Å². The van der Waals surface area contributed by atoms with Gasteiger partial charge in [-0.25, -0.2) is 13.1 Å². The molecule has 17 heavy (non-hydrogen) atoms. The van der Waals surface area contributed by atoms with Crippen LogP contribution in [-0.2, 0) is 20.8 Å². The SMILES string of the molecule is Cc1cc(S(=O)(=O)NC(C)CS(C)=O)sc1Br. The molecule has 0 saturated carbocycles. The summed E-state index contributed by atoms with van der Waals surface area (Å²) in [6, 6.07) is 1.28. The van der Waals surface area contributed by atoms with E-state index in [4.69, 9.17) is 0 Å². The third-order valence-electron chi connectivity index (χ3n) is 1.94. The quantitative estimate of drug-likeness (QED) is 0.872. The van der Waals surface area contributed by atoms with Crippen LogP contribution in [0.25, 0.3) is 0 Å². The Morgan fingerprint density at radius 2 is 2.18 bits per heavy atom. The van der Waals surface area contributed by atoms with Crippen molar-refractivity contribution in [1.29, 1.82) is 0 Å². The van der Waals surface area contributed by atoms with Crippen molar-refractivity contribution < 1.29 is 12.6 Å². The number of nitrogens with one attached hydrogen (secondary N) is 1. The van der Waals surface area contributed by atoms with E-state index >= 15 is 0 Å². The Hall–Kier alpha value is 0.240. The van der Waals surface area contributed by atoms with Crippen LogP contribution in [0.5, 0.6) is 0 Å². The zero-order valence-corrected chi connectivity index (χ0v) is 13.7. The molecule has 1 aromatic rings. The zero-order chi connectivity index (χ0) is 13.2. The minimum Gasteiger partial charge on any atom is -0.260 e. The van der Waals surface area contributed by atoms with Gasteiger partial charge in [0.05, 0.1) is 3.79 Å². The lowest BCUT2D eigenvalue weighted by Gasteiger charge is -2.11. The summed E-state index contributed by atoms with van der Waals surface area (Å²) in [5, 5.41) is 0. The van der Waals surface area contributed by atoms with Crippen LogP contribution in [0, 0.1) is 6.92 Å². The maximum absolute atomic E-state index is 12.0. The fourth-order valence-corrected chi connectivity index (χ4v) is 5.65. The Morgan fingerprint density at radius 3 is 2.59 bits per heavy atom. The molecule has 0 amide bonds. The molecule has 4 nitrogen and oxygen atoms in total. The van der Waals surface area contributed by atoms with E-state index in [0.717, 1.165) is 9.35 Å². The molecule has 0 saturated heterocycles. The van der Waals surface area contributed by atoms with Crippen molar-refractivity contribution in [2.75, 3.05) is 12.0 Å². The number of halogens is 1. The third-order valence-corrected chi connectivity index (χ3v) is 7.11. The first-order valence-corrected chi connectivity index (χ1v) is 9.62. The first kappa shape index (κ1) is 15.3. The molecule has 1 N–H and O–H groups in total. The molecule has 0 spiro atoms. The van der Waals surface area contributed by atoms with Gasteiger partial charge in [0.15, 0.2) is 0 Å². The summed E-state index contributed by atoms with van der Waals surface area (Å²) in [6.07, 6.45) is 1.55. The predicted octanol–water partition coefficient (Wildman–Crippen LogP) is 1.86. The maximum Gasteiger partial charge on any atom is 0.250 e. The van der Waals surface area contributed by atoms with Crippen LogP contribution < -0.4 is 4.72 Å². The summed E-state index contributed by atoms with van der Waals surface area (Å²) in [5.74, 6) is 0.310. The highest BCUT2D eigenvalue weighted by molar-refractivity contribution is 9.11. The Balaban J connectivity index is 2.85. The van der Waals surface area contributed by atoms with E-state index in [2.05, 4.69) is 20.7 Å². The van der Waals surface area contributed by atoms with E-state index in [1.165, 1.54) is 11.3 Å². The second kappa shape index (κ2) is 5.92. The number of hydrogen-bond donors (Lipinski definition) is 1. The molecule has 0 bridgehead atoms. The van der Waals surface area contributed by atoms with Crippen LogP contribution in [-0.4, -0.2) is 30.7 Å². The summed E-state index contributed by atoms with van der Waals surface area (Å²) >= 11 is 4.47. The molecular weight excluding hydrogens is 346 g/mol. The van der Waals surface area contributed by atoms with E-state index in [1.807, 2.05) is 6.92 Å². The maximum atomic E-state index is 12.0. The van der Waals surface area contributed by atoms with Crippen molar-refractivity contribution >= 4 is 48.1 Å². The van der Waals surface area contributed by atoms with Gasteiger partial charge in [0, 0.05) is 28.9 Å². The van der Waals surface area contributed by atoms with Gasteiger partial charge in [-0.3, -0.25) is 4.21 Å². The number of aryl methyl sites for hydroxylation is 1. The van der Waals surface area contributed by atoms with Crippen LogP contribution in [0.4, 0.5) is 0 Å². The number of hydrogen-bond acceptors (Lipinski definition) is 4. The smallest absolute Gasteiger partial charge is 0.250 e. The molecule has 1 heterocycles. The van der Waals surface area contributed by atoms with Gasteiger partial charge in [-0.05, 0) is 41.4 Å². The fraction of sp³-hybridized carbons (Fsp3) is 0.556. The molecule has 2 unspecified atom stereocenters. The molecule has 1 aromatic heterocycles. The molecule has 98 valence electrons. The van der Waals surface area contributed by atoms with Crippen LogP contribution in [0.15, 0.2) is 14.1 Å². The highest BCUT2D eigenvalue weighted by Gasteiger charge is 2.21. The lowest BCUT2D eigenvalue weighted by molar-refractivity contribution is 0.572. The van der Waals surface area contributed by atoms with Crippen molar-refractivity contribution in [2.45, 2.75) is 24.1 Å². The van der Waals surface area contributed by atoms with Gasteiger partial charge in [-0.15, -0.1) is 11.3 Å². The summed E-state index contributed by atoms with van der Waals surface area (Å²) in [6.45, 7) is 3.54. The van der Waals surface area contributed by atoms with Gasteiger partial charge in [0.25, 0.3) is 0 Å². The second-order valence-corrected chi connectivity index (χ2v) is 9.57. The highest BCUT2D eigenvalue weighted by Crippen LogP contribution is 2.30. The van der Waals surface area contributed by atoms with E-state index in [-0.39, 0.29) is 10.3 Å². The van der Waals surface area contributed by atoms with Gasteiger partial charge in [0.2, 0.25) is 10.0 Å². The third kappa shape index (κ3) is 4.44. The number of rotatable bonds is 5. The van der Waals surface area contributed by atoms with E-state index < -0.39 is 20.8 Å². The summed E-state index contributed by atoms with van der Waals surface area (Å²) in [4.78, 5) is 0. The van der Waals surface area contributed by atoms with Crippen LogP contribution in [0.1, 0.15) is 12.5 Å². The first-order chi connectivity index (χ1) is 7.72. The van der Waals surface area contributed by atoms with Crippen LogP contribution in [0.3, 0.4) is 0 Å². The average Bonchev–Trinajstić information content (AvgIpc) is 2.44.